The predicted octanol–water partition coefficient (Wildman–Crippen LogP) is 3.94. The number of anilines is 3. The molecule has 0 saturated carbocycles. The summed E-state index contributed by atoms with van der Waals surface area (Å²) in [7, 11) is 0. The first-order chi connectivity index (χ1) is 13.3. The van der Waals surface area contributed by atoms with Crippen molar-refractivity contribution in [1.82, 2.24) is 9.97 Å². The number of benzene rings is 1. The minimum atomic E-state index is -0.337. The number of fused-ring (bicyclic) bond motifs is 1. The molecule has 6 nitrogen and oxygen atoms in total. The first-order valence-electron chi connectivity index (χ1n) is 8.56. The lowest BCUT2D eigenvalue weighted by atomic mass is 10.1. The molecule has 0 bridgehead atoms. The maximum absolute atomic E-state index is 13.6. The van der Waals surface area contributed by atoms with Gasteiger partial charge in [0.25, 0.3) is 5.91 Å². The van der Waals surface area contributed by atoms with Crippen molar-refractivity contribution in [1.29, 1.82) is 0 Å². The van der Waals surface area contributed by atoms with Gasteiger partial charge in [-0.15, -0.1) is 0 Å². The van der Waals surface area contributed by atoms with Crippen LogP contribution in [0.2, 0.25) is 5.15 Å². The Balaban J connectivity index is 1.90. The van der Waals surface area contributed by atoms with Crippen LogP contribution in [0.5, 0.6) is 0 Å². The molecular formula is C20H16ClFN4O2. The van der Waals surface area contributed by atoms with E-state index in [4.69, 9.17) is 11.6 Å². The zero-order valence-corrected chi connectivity index (χ0v) is 15.9. The van der Waals surface area contributed by atoms with Crippen LogP contribution in [0.4, 0.5) is 21.5 Å². The molecule has 28 heavy (non-hydrogen) atoms. The van der Waals surface area contributed by atoms with E-state index in [0.29, 0.717) is 28.2 Å². The molecule has 8 heteroatoms. The third kappa shape index (κ3) is 3.03. The summed E-state index contributed by atoms with van der Waals surface area (Å²) in [6.45, 7) is 3.70. The lowest BCUT2D eigenvalue weighted by Gasteiger charge is -2.38. The molecule has 3 heterocycles. The Kier molecular flexibility index (Phi) is 4.39. The van der Waals surface area contributed by atoms with E-state index < -0.39 is 0 Å². The van der Waals surface area contributed by atoms with E-state index in [0.717, 1.165) is 5.69 Å². The molecule has 142 valence electrons. The molecule has 0 fully saturated rings. The number of carbonyl (C=O) groups excluding carboxylic acids is 1. The predicted molar refractivity (Wildman–Crippen MR) is 106 cm³/mol. The summed E-state index contributed by atoms with van der Waals surface area (Å²) in [6, 6.07) is 9.07. The summed E-state index contributed by atoms with van der Waals surface area (Å²) >= 11 is 6.08. The Bertz CT molecular complexity index is 1160. The lowest BCUT2D eigenvalue weighted by molar-refractivity contribution is 0.0983. The molecular weight excluding hydrogens is 383 g/mol. The van der Waals surface area contributed by atoms with Gasteiger partial charge in [-0.25, -0.2) is 9.37 Å². The Labute approximate surface area is 165 Å². The van der Waals surface area contributed by atoms with Crippen molar-refractivity contribution in [2.24, 2.45) is 0 Å². The fourth-order valence-corrected chi connectivity index (χ4v) is 3.56. The van der Waals surface area contributed by atoms with Crippen LogP contribution in [0.25, 0.3) is 0 Å². The first-order valence-corrected chi connectivity index (χ1v) is 8.94. The van der Waals surface area contributed by atoms with Gasteiger partial charge in [-0.2, -0.15) is 0 Å². The number of nitrogens with one attached hydrogen (secondary N) is 1. The fraction of sp³-hybridized carbons (Fsp3) is 0.150. The van der Waals surface area contributed by atoms with E-state index in [1.54, 1.807) is 36.9 Å². The molecule has 1 amide bonds. The largest absolute Gasteiger partial charge is 0.324 e. The number of halogens is 2. The van der Waals surface area contributed by atoms with Gasteiger partial charge in [-0.3, -0.25) is 14.5 Å². The van der Waals surface area contributed by atoms with E-state index in [9.17, 15) is 14.0 Å². The van der Waals surface area contributed by atoms with Crippen molar-refractivity contribution in [3.05, 3.63) is 80.7 Å². The van der Waals surface area contributed by atoms with E-state index in [1.807, 2.05) is 4.90 Å². The number of hydrogen-bond acceptors (Lipinski definition) is 4. The summed E-state index contributed by atoms with van der Waals surface area (Å²) in [5, 5.41) is 0.255. The Morgan fingerprint density at radius 3 is 2.50 bits per heavy atom. The van der Waals surface area contributed by atoms with Crippen LogP contribution in [-0.4, -0.2) is 22.5 Å². The number of aryl methyl sites for hydroxylation is 2. The molecule has 4 rings (SSSR count). The number of H-pyrrole nitrogens is 1. The topological polar surface area (TPSA) is 69.3 Å². The lowest BCUT2D eigenvalue weighted by Crippen LogP contribution is -2.45. The monoisotopic (exact) mass is 398 g/mol. The van der Waals surface area contributed by atoms with Crippen molar-refractivity contribution in [2.75, 3.05) is 16.5 Å². The number of nitrogens with zero attached hydrogens (tertiary/aromatic N) is 3. The third-order valence-corrected chi connectivity index (χ3v) is 4.93. The number of pyridine rings is 2. The molecule has 1 aliphatic rings. The van der Waals surface area contributed by atoms with E-state index in [-0.39, 0.29) is 29.1 Å². The van der Waals surface area contributed by atoms with E-state index in [2.05, 4.69) is 9.97 Å². The van der Waals surface area contributed by atoms with Gasteiger partial charge in [-0.05, 0) is 43.7 Å². The average Bonchev–Trinajstić information content (AvgIpc) is 2.63. The quantitative estimate of drug-likeness (QED) is 0.664. The highest BCUT2D eigenvalue weighted by Crippen LogP contribution is 2.38. The second-order valence-electron chi connectivity index (χ2n) is 6.59. The van der Waals surface area contributed by atoms with Crippen molar-refractivity contribution in [2.45, 2.75) is 13.8 Å². The van der Waals surface area contributed by atoms with Crippen LogP contribution in [0, 0.1) is 19.7 Å². The highest BCUT2D eigenvalue weighted by Gasteiger charge is 2.33. The van der Waals surface area contributed by atoms with Gasteiger partial charge >= 0.3 is 0 Å². The van der Waals surface area contributed by atoms with Crippen LogP contribution in [0.3, 0.4) is 0 Å². The zero-order valence-electron chi connectivity index (χ0n) is 15.2. The Hall–Kier alpha value is -3.19. The van der Waals surface area contributed by atoms with Gasteiger partial charge in [0, 0.05) is 29.7 Å². The highest BCUT2D eigenvalue weighted by molar-refractivity contribution is 6.30. The van der Waals surface area contributed by atoms with Crippen LogP contribution >= 0.6 is 11.6 Å². The smallest absolute Gasteiger partial charge is 0.263 e. The zero-order chi connectivity index (χ0) is 20.0. The minimum Gasteiger partial charge on any atom is -0.324 e. The molecule has 0 saturated heterocycles. The van der Waals surface area contributed by atoms with Gasteiger partial charge in [0.05, 0.1) is 16.9 Å². The van der Waals surface area contributed by atoms with Gasteiger partial charge in [0.1, 0.15) is 17.6 Å². The summed E-state index contributed by atoms with van der Waals surface area (Å²) < 4.78 is 13.6. The number of rotatable bonds is 2. The Morgan fingerprint density at radius 1 is 1.04 bits per heavy atom. The molecule has 0 spiro atoms. The van der Waals surface area contributed by atoms with Crippen LogP contribution in [0.1, 0.15) is 21.6 Å². The second-order valence-corrected chi connectivity index (χ2v) is 6.98. The number of aromatic nitrogens is 2. The van der Waals surface area contributed by atoms with Crippen molar-refractivity contribution in [3.63, 3.8) is 0 Å². The Morgan fingerprint density at radius 2 is 1.79 bits per heavy atom. The van der Waals surface area contributed by atoms with E-state index >= 15 is 0 Å². The summed E-state index contributed by atoms with van der Waals surface area (Å²) in [4.78, 5) is 34.9. The van der Waals surface area contributed by atoms with Gasteiger partial charge in [-0.1, -0.05) is 11.6 Å². The number of amides is 1. The maximum atomic E-state index is 13.6. The van der Waals surface area contributed by atoms with Crippen molar-refractivity contribution >= 4 is 34.6 Å². The molecule has 0 unspecified atom stereocenters. The summed E-state index contributed by atoms with van der Waals surface area (Å²) in [5.41, 5.74) is 3.32. The molecule has 0 radical (unpaired) electrons. The highest BCUT2D eigenvalue weighted by atomic mass is 35.5. The van der Waals surface area contributed by atoms with Crippen molar-refractivity contribution < 1.29 is 9.18 Å². The molecule has 3 aromatic rings. The third-order valence-electron chi connectivity index (χ3n) is 4.73. The minimum absolute atomic E-state index is 0.172. The number of hydrogen-bond donors (Lipinski definition) is 1. The molecule has 1 aliphatic heterocycles. The SMILES string of the molecule is Cc1cc(F)ccc1N1CN(c2ccc(=O)[nH]c2C)C(=O)c2cnc(Cl)cc21. The van der Waals surface area contributed by atoms with Crippen LogP contribution in [-0.2, 0) is 0 Å². The molecule has 1 N–H and O–H groups in total. The molecule has 0 atom stereocenters. The molecule has 1 aromatic carbocycles. The first kappa shape index (κ1) is 18.2. The van der Waals surface area contributed by atoms with Crippen molar-refractivity contribution in [3.8, 4) is 0 Å². The second kappa shape index (κ2) is 6.76. The summed E-state index contributed by atoms with van der Waals surface area (Å²) in [5.74, 6) is -0.596. The molecule has 0 aliphatic carbocycles. The van der Waals surface area contributed by atoms with Gasteiger partial charge in [0.2, 0.25) is 5.56 Å². The average molecular weight is 399 g/mol. The fourth-order valence-electron chi connectivity index (χ4n) is 3.41. The van der Waals surface area contributed by atoms with Gasteiger partial charge in [0.15, 0.2) is 0 Å². The maximum Gasteiger partial charge on any atom is 0.263 e. The van der Waals surface area contributed by atoms with Crippen LogP contribution < -0.4 is 15.4 Å². The summed E-state index contributed by atoms with van der Waals surface area (Å²) in [6.07, 6.45) is 1.43. The van der Waals surface area contributed by atoms with Gasteiger partial charge < -0.3 is 9.88 Å². The van der Waals surface area contributed by atoms with E-state index in [1.165, 1.54) is 24.4 Å². The van der Waals surface area contributed by atoms with Crippen LogP contribution in [0.15, 0.2) is 47.4 Å². The molecule has 2 aromatic heterocycles. The standard InChI is InChI=1S/C20H16ClFN4O2/c1-11-7-13(22)3-4-15(11)25-10-26(16-5-6-19(27)24-12(16)2)20(28)14-9-23-18(21)8-17(14)25/h3-9H,10H2,1-2H3,(H,24,27). The number of carbonyl (C=O) groups is 1. The number of aromatic amines is 1. The normalized spacial score (nSPS) is 13.6.